The largest absolute Gasteiger partial charge is 0.489 e. The Bertz CT molecular complexity index is 407. The molecule has 86 valence electrons. The number of nitro benzene ring substituents is 1. The van der Waals surface area contributed by atoms with Gasteiger partial charge in [0.1, 0.15) is 18.0 Å². The van der Waals surface area contributed by atoms with Gasteiger partial charge in [0.2, 0.25) is 0 Å². The lowest BCUT2D eigenvalue weighted by Gasteiger charge is -2.04. The van der Waals surface area contributed by atoms with Crippen LogP contribution in [0.1, 0.15) is 0 Å². The van der Waals surface area contributed by atoms with Crippen molar-refractivity contribution in [1.82, 2.24) is 0 Å². The monoisotopic (exact) mass is 286 g/mol. The summed E-state index contributed by atoms with van der Waals surface area (Å²) in [5.41, 5.74) is 5.50. The van der Waals surface area contributed by atoms with E-state index in [-0.39, 0.29) is 11.4 Å². The third-order valence-electron chi connectivity index (χ3n) is 1.80. The lowest BCUT2D eigenvalue weighted by Crippen LogP contribution is -1.98. The summed E-state index contributed by atoms with van der Waals surface area (Å²) >= 11 is 3.24. The van der Waals surface area contributed by atoms with Crippen LogP contribution in [0.2, 0.25) is 0 Å². The van der Waals surface area contributed by atoms with Crippen LogP contribution in [0.5, 0.6) is 5.75 Å². The van der Waals surface area contributed by atoms with E-state index in [9.17, 15) is 10.1 Å². The van der Waals surface area contributed by atoms with E-state index in [1.54, 1.807) is 0 Å². The van der Waals surface area contributed by atoms with E-state index < -0.39 is 4.92 Å². The zero-order valence-electron chi connectivity index (χ0n) is 8.43. The molecule has 6 heteroatoms. The Morgan fingerprint density at radius 3 is 2.81 bits per heavy atom. The molecule has 0 unspecified atom stereocenters. The van der Waals surface area contributed by atoms with Gasteiger partial charge in [-0.2, -0.15) is 0 Å². The van der Waals surface area contributed by atoms with Crippen LogP contribution in [0, 0.1) is 10.1 Å². The molecule has 0 aliphatic heterocycles. The minimum absolute atomic E-state index is 0.104. The van der Waals surface area contributed by atoms with Crippen molar-refractivity contribution in [2.75, 3.05) is 17.7 Å². The molecule has 0 aromatic heterocycles. The second-order valence-electron chi connectivity index (χ2n) is 2.91. The molecule has 0 spiro atoms. The number of nitrogens with zero attached hydrogens (tertiary/aromatic N) is 1. The molecular formula is C10H11BrN2O3. The molecule has 5 nitrogen and oxygen atoms in total. The van der Waals surface area contributed by atoms with Gasteiger partial charge in [0.15, 0.2) is 0 Å². The summed E-state index contributed by atoms with van der Waals surface area (Å²) in [5.74, 6) is 0.516. The number of nitrogen functional groups attached to an aromatic ring is 1. The van der Waals surface area contributed by atoms with E-state index in [1.165, 1.54) is 18.2 Å². The van der Waals surface area contributed by atoms with Crippen LogP contribution in [0.25, 0.3) is 0 Å². The first-order valence-electron chi connectivity index (χ1n) is 4.53. The van der Waals surface area contributed by atoms with Crippen molar-refractivity contribution in [2.24, 2.45) is 0 Å². The fourth-order valence-electron chi connectivity index (χ4n) is 1.06. The molecule has 0 fully saturated rings. The molecule has 1 aromatic carbocycles. The summed E-state index contributed by atoms with van der Waals surface area (Å²) in [6.45, 7) is 0.406. The lowest BCUT2D eigenvalue weighted by atomic mass is 10.2. The highest BCUT2D eigenvalue weighted by atomic mass is 79.9. The van der Waals surface area contributed by atoms with Gasteiger partial charge in [-0.05, 0) is 6.07 Å². The summed E-state index contributed by atoms with van der Waals surface area (Å²) in [7, 11) is 0. The van der Waals surface area contributed by atoms with Gasteiger partial charge in [-0.1, -0.05) is 28.1 Å². The summed E-state index contributed by atoms with van der Waals surface area (Å²) < 4.78 is 5.31. The first-order chi connectivity index (χ1) is 7.65. The lowest BCUT2D eigenvalue weighted by molar-refractivity contribution is -0.383. The average Bonchev–Trinajstić information content (AvgIpc) is 2.24. The van der Waals surface area contributed by atoms with Crippen molar-refractivity contribution in [3.05, 3.63) is 40.5 Å². The number of benzene rings is 1. The van der Waals surface area contributed by atoms with E-state index in [2.05, 4.69) is 15.9 Å². The highest BCUT2D eigenvalue weighted by molar-refractivity contribution is 9.09. The van der Waals surface area contributed by atoms with Gasteiger partial charge >= 0.3 is 0 Å². The maximum Gasteiger partial charge on any atom is 0.292 e. The minimum atomic E-state index is -0.524. The number of ether oxygens (including phenoxy) is 1. The number of alkyl halides is 1. The van der Waals surface area contributed by atoms with Crippen molar-refractivity contribution in [3.63, 3.8) is 0 Å². The SMILES string of the molecule is Nc1cc(OCC=CCBr)ccc1[N+](=O)[O-]. The molecule has 0 aliphatic rings. The Morgan fingerprint density at radius 1 is 1.50 bits per heavy atom. The Balaban J connectivity index is 2.66. The van der Waals surface area contributed by atoms with Gasteiger partial charge in [0.25, 0.3) is 5.69 Å². The van der Waals surface area contributed by atoms with Crippen LogP contribution >= 0.6 is 15.9 Å². The topological polar surface area (TPSA) is 78.4 Å². The maximum absolute atomic E-state index is 10.5. The molecule has 2 N–H and O–H groups in total. The van der Waals surface area contributed by atoms with Crippen molar-refractivity contribution < 1.29 is 9.66 Å². The van der Waals surface area contributed by atoms with E-state index in [0.717, 1.165) is 5.33 Å². The molecule has 0 saturated heterocycles. The normalized spacial score (nSPS) is 10.6. The molecule has 1 aromatic rings. The molecular weight excluding hydrogens is 276 g/mol. The average molecular weight is 287 g/mol. The molecule has 0 radical (unpaired) electrons. The third kappa shape index (κ3) is 3.54. The summed E-state index contributed by atoms with van der Waals surface area (Å²) in [4.78, 5) is 9.98. The number of hydrogen-bond acceptors (Lipinski definition) is 4. The molecule has 0 atom stereocenters. The molecule has 0 heterocycles. The van der Waals surface area contributed by atoms with Gasteiger partial charge in [-0.3, -0.25) is 10.1 Å². The van der Waals surface area contributed by atoms with Crippen molar-refractivity contribution in [2.45, 2.75) is 0 Å². The predicted octanol–water partition coefficient (Wildman–Crippen LogP) is 2.51. The van der Waals surface area contributed by atoms with E-state index >= 15 is 0 Å². The van der Waals surface area contributed by atoms with Crippen LogP contribution in [0.3, 0.4) is 0 Å². The molecule has 16 heavy (non-hydrogen) atoms. The standard InChI is InChI=1S/C10H11BrN2O3/c11-5-1-2-6-16-8-3-4-10(13(14)15)9(12)7-8/h1-4,7H,5-6,12H2. The second kappa shape index (κ2) is 6.12. The van der Waals surface area contributed by atoms with Gasteiger partial charge in [0, 0.05) is 17.5 Å². The fraction of sp³-hybridized carbons (Fsp3) is 0.200. The molecule has 0 aliphatic carbocycles. The van der Waals surface area contributed by atoms with Crippen molar-refractivity contribution in [3.8, 4) is 5.75 Å². The smallest absolute Gasteiger partial charge is 0.292 e. The van der Waals surface area contributed by atoms with Crippen LogP contribution in [0.4, 0.5) is 11.4 Å². The highest BCUT2D eigenvalue weighted by Crippen LogP contribution is 2.25. The Labute approximate surface area is 101 Å². The van der Waals surface area contributed by atoms with Gasteiger partial charge in [-0.15, -0.1) is 0 Å². The van der Waals surface area contributed by atoms with Crippen LogP contribution < -0.4 is 10.5 Å². The van der Waals surface area contributed by atoms with Gasteiger partial charge in [-0.25, -0.2) is 0 Å². The first kappa shape index (κ1) is 12.5. The highest BCUT2D eigenvalue weighted by Gasteiger charge is 2.11. The Morgan fingerprint density at radius 2 is 2.25 bits per heavy atom. The number of hydrogen-bond donors (Lipinski definition) is 1. The van der Waals surface area contributed by atoms with Gasteiger partial charge < -0.3 is 10.5 Å². The number of rotatable bonds is 5. The predicted molar refractivity (Wildman–Crippen MR) is 65.9 cm³/mol. The Kier molecular flexibility index (Phi) is 4.78. The van der Waals surface area contributed by atoms with E-state index in [4.69, 9.17) is 10.5 Å². The van der Waals surface area contributed by atoms with Crippen LogP contribution in [0.15, 0.2) is 30.4 Å². The fourth-order valence-corrected chi connectivity index (χ4v) is 1.33. The van der Waals surface area contributed by atoms with Crippen LogP contribution in [-0.4, -0.2) is 16.9 Å². The second-order valence-corrected chi connectivity index (χ2v) is 3.56. The van der Waals surface area contributed by atoms with E-state index in [0.29, 0.717) is 12.4 Å². The number of allylic oxidation sites excluding steroid dienone is 1. The molecule has 0 saturated carbocycles. The zero-order chi connectivity index (χ0) is 12.0. The maximum atomic E-state index is 10.5. The zero-order valence-corrected chi connectivity index (χ0v) is 10.0. The number of nitrogens with two attached hydrogens (primary N) is 1. The summed E-state index contributed by atoms with van der Waals surface area (Å²) in [5, 5.41) is 11.3. The third-order valence-corrected chi connectivity index (χ3v) is 2.17. The summed E-state index contributed by atoms with van der Waals surface area (Å²) in [6.07, 6.45) is 3.74. The number of halogens is 1. The van der Waals surface area contributed by atoms with E-state index in [1.807, 2.05) is 12.2 Å². The molecule has 0 bridgehead atoms. The minimum Gasteiger partial charge on any atom is -0.489 e. The molecule has 1 rings (SSSR count). The van der Waals surface area contributed by atoms with Crippen molar-refractivity contribution in [1.29, 1.82) is 0 Å². The van der Waals surface area contributed by atoms with Crippen molar-refractivity contribution >= 4 is 27.3 Å². The van der Waals surface area contributed by atoms with Gasteiger partial charge in [0.05, 0.1) is 4.92 Å². The Hall–Kier alpha value is -1.56. The first-order valence-corrected chi connectivity index (χ1v) is 5.65. The molecule has 0 amide bonds. The summed E-state index contributed by atoms with van der Waals surface area (Å²) in [6, 6.07) is 4.30. The van der Waals surface area contributed by atoms with Crippen LogP contribution in [-0.2, 0) is 0 Å². The number of anilines is 1. The quantitative estimate of drug-likeness (QED) is 0.297. The number of nitro groups is 1.